The molecule has 1 fully saturated rings. The smallest absolute Gasteiger partial charge is 0.307 e. The number of benzene rings is 1. The molecule has 1 aliphatic rings. The number of hydrogen-bond acceptors (Lipinski definition) is 3. The molecular weight excluding hydrogens is 286 g/mol. The minimum Gasteiger partial charge on any atom is -0.481 e. The summed E-state index contributed by atoms with van der Waals surface area (Å²) in [5, 5.41) is 13.0. The first-order valence-electron chi connectivity index (χ1n) is 6.77. The number of hydrogen-bond donors (Lipinski definition) is 1. The molecule has 0 spiro atoms. The second-order valence-corrected chi connectivity index (χ2v) is 5.96. The van der Waals surface area contributed by atoms with Gasteiger partial charge < -0.3 is 10.0 Å². The third-order valence-corrected chi connectivity index (χ3v) is 4.41. The van der Waals surface area contributed by atoms with E-state index in [1.807, 2.05) is 47.2 Å². The number of carboxylic acids is 1. The molecule has 0 saturated heterocycles. The largest absolute Gasteiger partial charge is 0.481 e. The molecule has 1 saturated carbocycles. The zero-order chi connectivity index (χ0) is 14.8. The first-order valence-corrected chi connectivity index (χ1v) is 7.71. The second kappa shape index (κ2) is 5.69. The normalized spacial score (nSPS) is 20.0. The summed E-state index contributed by atoms with van der Waals surface area (Å²) in [5.74, 6) is -1.88. The Labute approximate surface area is 126 Å². The van der Waals surface area contributed by atoms with Crippen molar-refractivity contribution in [3.8, 4) is 0 Å². The molecular formula is C16H15NO3S. The molecule has 21 heavy (non-hydrogen) atoms. The van der Waals surface area contributed by atoms with Gasteiger partial charge in [-0.2, -0.15) is 11.3 Å². The van der Waals surface area contributed by atoms with Gasteiger partial charge in [-0.25, -0.2) is 0 Å². The van der Waals surface area contributed by atoms with E-state index in [9.17, 15) is 9.59 Å². The van der Waals surface area contributed by atoms with Gasteiger partial charge in [-0.1, -0.05) is 18.2 Å². The Balaban J connectivity index is 1.83. The van der Waals surface area contributed by atoms with Crippen LogP contribution in [0.1, 0.15) is 12.0 Å². The zero-order valence-corrected chi connectivity index (χ0v) is 12.1. The van der Waals surface area contributed by atoms with Crippen LogP contribution in [-0.2, 0) is 16.1 Å². The first-order chi connectivity index (χ1) is 10.2. The van der Waals surface area contributed by atoms with Crippen LogP contribution in [0.2, 0.25) is 0 Å². The molecule has 2 atom stereocenters. The van der Waals surface area contributed by atoms with Crippen molar-refractivity contribution in [2.45, 2.75) is 13.0 Å². The van der Waals surface area contributed by atoms with Crippen LogP contribution in [0, 0.1) is 11.8 Å². The van der Waals surface area contributed by atoms with Crippen molar-refractivity contribution in [2.75, 3.05) is 4.90 Å². The lowest BCUT2D eigenvalue weighted by Gasteiger charge is -2.22. The average Bonchev–Trinajstić information content (AvgIpc) is 3.15. The lowest BCUT2D eigenvalue weighted by molar-refractivity contribution is -0.140. The van der Waals surface area contributed by atoms with Crippen molar-refractivity contribution >= 4 is 28.9 Å². The fourth-order valence-electron chi connectivity index (χ4n) is 2.41. The third-order valence-electron chi connectivity index (χ3n) is 3.68. The molecule has 0 radical (unpaired) electrons. The van der Waals surface area contributed by atoms with Gasteiger partial charge >= 0.3 is 5.97 Å². The molecule has 1 amide bonds. The highest BCUT2D eigenvalue weighted by Gasteiger charge is 2.50. The molecule has 3 rings (SSSR count). The number of thiophene rings is 1. The third kappa shape index (κ3) is 2.97. The molecule has 1 aromatic heterocycles. The second-order valence-electron chi connectivity index (χ2n) is 5.18. The average molecular weight is 301 g/mol. The highest BCUT2D eigenvalue weighted by Crippen LogP contribution is 2.41. The Kier molecular flexibility index (Phi) is 3.75. The van der Waals surface area contributed by atoms with Crippen LogP contribution in [0.15, 0.2) is 47.2 Å². The van der Waals surface area contributed by atoms with Gasteiger partial charge in [0.1, 0.15) is 0 Å². The van der Waals surface area contributed by atoms with Gasteiger partial charge in [0.2, 0.25) is 5.91 Å². The van der Waals surface area contributed by atoms with Gasteiger partial charge in [-0.3, -0.25) is 9.59 Å². The van der Waals surface area contributed by atoms with Crippen LogP contribution in [0.4, 0.5) is 5.69 Å². The summed E-state index contributed by atoms with van der Waals surface area (Å²) < 4.78 is 0. The van der Waals surface area contributed by atoms with Crippen molar-refractivity contribution in [2.24, 2.45) is 11.8 Å². The summed E-state index contributed by atoms with van der Waals surface area (Å²) >= 11 is 1.59. The van der Waals surface area contributed by atoms with Gasteiger partial charge in [0, 0.05) is 5.69 Å². The summed E-state index contributed by atoms with van der Waals surface area (Å²) in [5.41, 5.74) is 1.87. The van der Waals surface area contributed by atoms with Crippen LogP contribution in [0.5, 0.6) is 0 Å². The quantitative estimate of drug-likeness (QED) is 0.923. The summed E-state index contributed by atoms with van der Waals surface area (Å²) in [6.07, 6.45) is 0.446. The van der Waals surface area contributed by atoms with E-state index in [0.717, 1.165) is 11.3 Å². The maximum absolute atomic E-state index is 12.6. The van der Waals surface area contributed by atoms with Crippen LogP contribution in [0.3, 0.4) is 0 Å². The highest BCUT2D eigenvalue weighted by atomic mass is 32.1. The number of anilines is 1. The van der Waals surface area contributed by atoms with Gasteiger partial charge in [0.15, 0.2) is 0 Å². The Bertz CT molecular complexity index is 639. The van der Waals surface area contributed by atoms with Crippen LogP contribution < -0.4 is 4.90 Å². The Morgan fingerprint density at radius 2 is 1.95 bits per heavy atom. The number of carboxylic acid groups (broad SMARTS) is 1. The van der Waals surface area contributed by atoms with Crippen LogP contribution in [0.25, 0.3) is 0 Å². The van der Waals surface area contributed by atoms with E-state index in [1.165, 1.54) is 0 Å². The van der Waals surface area contributed by atoms with E-state index in [-0.39, 0.29) is 11.8 Å². The molecule has 0 aliphatic heterocycles. The maximum Gasteiger partial charge on any atom is 0.307 e. The van der Waals surface area contributed by atoms with Gasteiger partial charge in [0.05, 0.1) is 18.4 Å². The maximum atomic E-state index is 12.6. The summed E-state index contributed by atoms with van der Waals surface area (Å²) in [6, 6.07) is 11.4. The molecule has 5 heteroatoms. The predicted octanol–water partition coefficient (Wildman–Crippen LogP) is 3.00. The number of amides is 1. The number of carbonyl (C=O) groups excluding carboxylic acids is 1. The monoisotopic (exact) mass is 301 g/mol. The van der Waals surface area contributed by atoms with Crippen LogP contribution in [-0.4, -0.2) is 17.0 Å². The van der Waals surface area contributed by atoms with E-state index < -0.39 is 11.9 Å². The van der Waals surface area contributed by atoms with E-state index in [0.29, 0.717) is 13.0 Å². The van der Waals surface area contributed by atoms with E-state index in [4.69, 9.17) is 5.11 Å². The first kappa shape index (κ1) is 13.8. The van der Waals surface area contributed by atoms with Crippen molar-refractivity contribution in [3.05, 3.63) is 52.7 Å². The minimum atomic E-state index is -0.878. The number of rotatable bonds is 5. The number of para-hydroxylation sites is 1. The summed E-state index contributed by atoms with van der Waals surface area (Å²) in [6.45, 7) is 0.481. The topological polar surface area (TPSA) is 57.6 Å². The number of carbonyl (C=O) groups is 2. The molecule has 1 N–H and O–H groups in total. The van der Waals surface area contributed by atoms with E-state index in [1.54, 1.807) is 16.2 Å². The Hall–Kier alpha value is -2.14. The highest BCUT2D eigenvalue weighted by molar-refractivity contribution is 7.07. The summed E-state index contributed by atoms with van der Waals surface area (Å²) in [7, 11) is 0. The fourth-order valence-corrected chi connectivity index (χ4v) is 3.07. The molecule has 1 aliphatic carbocycles. The van der Waals surface area contributed by atoms with Gasteiger partial charge in [-0.15, -0.1) is 0 Å². The Morgan fingerprint density at radius 1 is 1.19 bits per heavy atom. The molecule has 2 aromatic rings. The van der Waals surface area contributed by atoms with E-state index >= 15 is 0 Å². The molecule has 0 bridgehead atoms. The minimum absolute atomic E-state index is 0.0974. The standard InChI is InChI=1S/C16H15NO3S/c18-15(13-8-14(13)16(19)20)17(9-11-6-7-21-10-11)12-4-2-1-3-5-12/h1-7,10,13-14H,8-9H2,(H,19,20)/t13-,14-/m0/s1. The molecule has 1 heterocycles. The lowest BCUT2D eigenvalue weighted by atomic mass is 10.2. The van der Waals surface area contributed by atoms with Crippen molar-refractivity contribution in [1.82, 2.24) is 0 Å². The summed E-state index contributed by atoms with van der Waals surface area (Å²) in [4.78, 5) is 25.3. The molecule has 1 aromatic carbocycles. The van der Waals surface area contributed by atoms with E-state index in [2.05, 4.69) is 0 Å². The molecule has 0 unspecified atom stereocenters. The van der Waals surface area contributed by atoms with Crippen LogP contribution >= 0.6 is 11.3 Å². The fraction of sp³-hybridized carbons (Fsp3) is 0.250. The van der Waals surface area contributed by atoms with Gasteiger partial charge in [-0.05, 0) is 40.9 Å². The molecule has 108 valence electrons. The predicted molar refractivity (Wildman–Crippen MR) is 81.2 cm³/mol. The SMILES string of the molecule is O=C(O)[C@H]1C[C@@H]1C(=O)N(Cc1ccsc1)c1ccccc1. The zero-order valence-electron chi connectivity index (χ0n) is 11.3. The lowest BCUT2D eigenvalue weighted by Crippen LogP contribution is -2.32. The number of nitrogens with zero attached hydrogens (tertiary/aromatic N) is 1. The van der Waals surface area contributed by atoms with Crippen molar-refractivity contribution in [3.63, 3.8) is 0 Å². The molecule has 4 nitrogen and oxygen atoms in total. The number of aliphatic carboxylic acids is 1. The Morgan fingerprint density at radius 3 is 2.52 bits per heavy atom. The van der Waals surface area contributed by atoms with Gasteiger partial charge in [0.25, 0.3) is 0 Å². The van der Waals surface area contributed by atoms with Crippen molar-refractivity contribution < 1.29 is 14.7 Å². The van der Waals surface area contributed by atoms with Crippen molar-refractivity contribution in [1.29, 1.82) is 0 Å².